The lowest BCUT2D eigenvalue weighted by atomic mass is 10.0. The van der Waals surface area contributed by atoms with Crippen molar-refractivity contribution in [2.45, 2.75) is 19.3 Å². The second kappa shape index (κ2) is 6.59. The summed E-state index contributed by atoms with van der Waals surface area (Å²) in [4.78, 5) is 0. The van der Waals surface area contributed by atoms with E-state index in [4.69, 9.17) is 0 Å². The molecule has 25 heavy (non-hydrogen) atoms. The number of fused-ring (bicyclic) bond motifs is 1. The van der Waals surface area contributed by atoms with E-state index in [1.165, 1.54) is 12.1 Å². The van der Waals surface area contributed by atoms with Crippen LogP contribution in [0.25, 0.3) is 16.9 Å². The Kier molecular flexibility index (Phi) is 4.29. The van der Waals surface area contributed by atoms with Crippen molar-refractivity contribution < 1.29 is 8.78 Å². The van der Waals surface area contributed by atoms with E-state index in [-0.39, 0.29) is 5.69 Å². The Morgan fingerprint density at radius 3 is 2.60 bits per heavy atom. The van der Waals surface area contributed by atoms with Crippen molar-refractivity contribution in [3.63, 3.8) is 0 Å². The van der Waals surface area contributed by atoms with Crippen molar-refractivity contribution in [2.24, 2.45) is 0 Å². The van der Waals surface area contributed by atoms with Crippen LogP contribution in [-0.4, -0.2) is 16.3 Å². The van der Waals surface area contributed by atoms with Gasteiger partial charge in [-0.3, -0.25) is 0 Å². The average molecular weight is 404 g/mol. The van der Waals surface area contributed by atoms with Gasteiger partial charge in [0.1, 0.15) is 17.3 Å². The molecule has 6 heteroatoms. The first-order chi connectivity index (χ1) is 12.1. The molecule has 0 saturated heterocycles. The maximum atomic E-state index is 14.3. The van der Waals surface area contributed by atoms with Crippen molar-refractivity contribution in [1.82, 2.24) is 9.78 Å². The summed E-state index contributed by atoms with van der Waals surface area (Å²) in [6.45, 7) is 0.807. The first kappa shape index (κ1) is 16.3. The molecule has 3 aromatic rings. The molecule has 0 unspecified atom stereocenters. The van der Waals surface area contributed by atoms with Crippen LogP contribution >= 0.6 is 15.9 Å². The monoisotopic (exact) mass is 403 g/mol. The van der Waals surface area contributed by atoms with Gasteiger partial charge >= 0.3 is 0 Å². The zero-order chi connectivity index (χ0) is 17.4. The molecule has 3 nitrogen and oxygen atoms in total. The summed E-state index contributed by atoms with van der Waals surface area (Å²) in [6.07, 6.45) is 2.96. The lowest BCUT2D eigenvalue weighted by molar-refractivity contribution is 0.574. The molecular formula is C19H16BrF2N3. The van der Waals surface area contributed by atoms with Crippen LogP contribution in [0.4, 0.5) is 14.6 Å². The highest BCUT2D eigenvalue weighted by atomic mass is 79.9. The predicted molar refractivity (Wildman–Crippen MR) is 98.0 cm³/mol. The fourth-order valence-corrected chi connectivity index (χ4v) is 3.43. The van der Waals surface area contributed by atoms with Gasteiger partial charge in [0.15, 0.2) is 5.82 Å². The van der Waals surface area contributed by atoms with Crippen LogP contribution in [0, 0.1) is 11.6 Å². The Hall–Kier alpha value is -2.21. The summed E-state index contributed by atoms with van der Waals surface area (Å²) in [7, 11) is 0. The first-order valence-electron chi connectivity index (χ1n) is 8.20. The highest BCUT2D eigenvalue weighted by molar-refractivity contribution is 9.10. The van der Waals surface area contributed by atoms with Crippen LogP contribution in [0.5, 0.6) is 0 Å². The quantitative estimate of drug-likeness (QED) is 0.626. The van der Waals surface area contributed by atoms with Crippen LogP contribution in [0.3, 0.4) is 0 Å². The maximum absolute atomic E-state index is 14.3. The topological polar surface area (TPSA) is 29.9 Å². The normalized spacial score (nSPS) is 13.9. The molecular weight excluding hydrogens is 388 g/mol. The standard InChI is InChI=1S/C19H16BrF2N3/c20-13-6-4-12(5-7-13)18-15-3-1-2-10-23-19(15)25(24-18)17-9-8-14(21)11-16(17)22/h4-9,11,23H,1-3,10H2. The smallest absolute Gasteiger partial charge is 0.151 e. The van der Waals surface area contributed by atoms with E-state index in [1.54, 1.807) is 4.68 Å². The number of nitrogens with one attached hydrogen (secondary N) is 1. The molecule has 0 spiro atoms. The summed E-state index contributed by atoms with van der Waals surface area (Å²) in [5.41, 5.74) is 3.13. The molecule has 0 fully saturated rings. The molecule has 1 N–H and O–H groups in total. The first-order valence-corrected chi connectivity index (χ1v) is 9.00. The van der Waals surface area contributed by atoms with Crippen LogP contribution in [0.1, 0.15) is 18.4 Å². The second-order valence-corrected chi connectivity index (χ2v) is 6.99. The van der Waals surface area contributed by atoms with E-state index in [2.05, 4.69) is 26.3 Å². The van der Waals surface area contributed by atoms with Crippen molar-refractivity contribution in [2.75, 3.05) is 11.9 Å². The van der Waals surface area contributed by atoms with E-state index in [0.717, 1.165) is 59.0 Å². The Bertz CT molecular complexity index is 919. The third-order valence-corrected chi connectivity index (χ3v) is 4.91. The molecule has 0 atom stereocenters. The second-order valence-electron chi connectivity index (χ2n) is 6.07. The Labute approximate surface area is 152 Å². The van der Waals surface area contributed by atoms with Crippen LogP contribution < -0.4 is 5.32 Å². The number of hydrogen-bond donors (Lipinski definition) is 1. The van der Waals surface area contributed by atoms with Gasteiger partial charge < -0.3 is 5.32 Å². The Morgan fingerprint density at radius 1 is 1.04 bits per heavy atom. The van der Waals surface area contributed by atoms with E-state index >= 15 is 0 Å². The number of nitrogens with zero attached hydrogens (tertiary/aromatic N) is 2. The summed E-state index contributed by atoms with van der Waals surface area (Å²) in [5, 5.41) is 8.04. The van der Waals surface area contributed by atoms with Gasteiger partial charge in [-0.25, -0.2) is 13.5 Å². The summed E-state index contributed by atoms with van der Waals surface area (Å²) in [6, 6.07) is 11.5. The van der Waals surface area contributed by atoms with E-state index in [9.17, 15) is 8.78 Å². The highest BCUT2D eigenvalue weighted by Gasteiger charge is 2.23. The van der Waals surface area contributed by atoms with Crippen LogP contribution in [-0.2, 0) is 6.42 Å². The van der Waals surface area contributed by atoms with E-state index < -0.39 is 11.6 Å². The highest BCUT2D eigenvalue weighted by Crippen LogP contribution is 2.34. The molecule has 1 aromatic heterocycles. The third kappa shape index (κ3) is 3.06. The fourth-order valence-electron chi connectivity index (χ4n) is 3.17. The van der Waals surface area contributed by atoms with E-state index in [0.29, 0.717) is 0 Å². The Morgan fingerprint density at radius 2 is 1.84 bits per heavy atom. The molecule has 1 aliphatic heterocycles. The lowest BCUT2D eigenvalue weighted by Gasteiger charge is -2.10. The molecule has 2 aromatic carbocycles. The van der Waals surface area contributed by atoms with Gasteiger partial charge in [-0.15, -0.1) is 0 Å². The van der Waals surface area contributed by atoms with Gasteiger partial charge in [-0.2, -0.15) is 5.10 Å². The largest absolute Gasteiger partial charge is 0.370 e. The van der Waals surface area contributed by atoms with Gasteiger partial charge in [-0.1, -0.05) is 28.1 Å². The maximum Gasteiger partial charge on any atom is 0.151 e. The van der Waals surface area contributed by atoms with Gasteiger partial charge in [0, 0.05) is 28.2 Å². The molecule has 1 aliphatic rings. The van der Waals surface area contributed by atoms with Gasteiger partial charge in [0.25, 0.3) is 0 Å². The minimum atomic E-state index is -0.626. The van der Waals surface area contributed by atoms with Crippen molar-refractivity contribution in [3.8, 4) is 16.9 Å². The van der Waals surface area contributed by atoms with Gasteiger partial charge in [-0.05, 0) is 43.5 Å². The van der Waals surface area contributed by atoms with E-state index in [1.807, 2.05) is 24.3 Å². The number of rotatable bonds is 2. The number of hydrogen-bond acceptors (Lipinski definition) is 2. The molecule has 0 radical (unpaired) electrons. The van der Waals surface area contributed by atoms with Crippen molar-refractivity contribution in [3.05, 3.63) is 64.1 Å². The molecule has 4 rings (SSSR count). The lowest BCUT2D eigenvalue weighted by Crippen LogP contribution is -2.08. The SMILES string of the molecule is Fc1ccc(-n2nc(-c3ccc(Br)cc3)c3c2NCCCC3)c(F)c1. The summed E-state index contributed by atoms with van der Waals surface area (Å²) in [5.74, 6) is -0.430. The molecule has 128 valence electrons. The average Bonchev–Trinajstić information content (AvgIpc) is 2.78. The molecule has 0 bridgehead atoms. The zero-order valence-electron chi connectivity index (χ0n) is 13.4. The van der Waals surface area contributed by atoms with Crippen LogP contribution in [0.2, 0.25) is 0 Å². The van der Waals surface area contributed by atoms with Crippen LogP contribution in [0.15, 0.2) is 46.9 Å². The fraction of sp³-hybridized carbons (Fsp3) is 0.211. The minimum absolute atomic E-state index is 0.246. The van der Waals surface area contributed by atoms with Gasteiger partial charge in [0.05, 0.1) is 5.69 Å². The number of halogens is 3. The van der Waals surface area contributed by atoms with Gasteiger partial charge in [0.2, 0.25) is 0 Å². The number of anilines is 1. The minimum Gasteiger partial charge on any atom is -0.370 e. The summed E-state index contributed by atoms with van der Waals surface area (Å²) < 4.78 is 30.2. The van der Waals surface area contributed by atoms with Crippen molar-refractivity contribution >= 4 is 21.7 Å². The number of aromatic nitrogens is 2. The predicted octanol–water partition coefficient (Wildman–Crippen LogP) is 5.33. The Balaban J connectivity index is 1.91. The number of benzene rings is 2. The molecule has 0 saturated carbocycles. The molecule has 2 heterocycles. The molecule has 0 aliphatic carbocycles. The summed E-state index contributed by atoms with van der Waals surface area (Å²) >= 11 is 3.44. The zero-order valence-corrected chi connectivity index (χ0v) is 15.0. The van der Waals surface area contributed by atoms with Crippen molar-refractivity contribution in [1.29, 1.82) is 0 Å². The third-order valence-electron chi connectivity index (χ3n) is 4.39. The molecule has 0 amide bonds.